The predicted octanol–water partition coefficient (Wildman–Crippen LogP) is 2.05. The second-order valence-corrected chi connectivity index (χ2v) is 5.42. The lowest BCUT2D eigenvalue weighted by Crippen LogP contribution is -2.45. The zero-order valence-electron chi connectivity index (χ0n) is 10.1. The molecule has 3 N–H and O–H groups in total. The van der Waals surface area contributed by atoms with Crippen molar-refractivity contribution >= 4 is 30.1 Å². The lowest BCUT2D eigenvalue weighted by Gasteiger charge is -2.18. The number of hydrogen-bond donors (Lipinski definition) is 2. The van der Waals surface area contributed by atoms with E-state index in [1.807, 2.05) is 44.2 Å². The zero-order chi connectivity index (χ0) is 12.0. The highest BCUT2D eigenvalue weighted by Crippen LogP contribution is 2.16. The summed E-state index contributed by atoms with van der Waals surface area (Å²) >= 11 is 1.53. The van der Waals surface area contributed by atoms with Crippen LogP contribution in [0.1, 0.15) is 13.8 Å². The molecule has 1 rings (SSSR count). The molecule has 5 heteroatoms. The third kappa shape index (κ3) is 8.07. The van der Waals surface area contributed by atoms with Crippen LogP contribution in [0.15, 0.2) is 35.2 Å². The molecular weight excluding hydrogens is 256 g/mol. The number of halogens is 1. The molecule has 0 radical (unpaired) electrons. The summed E-state index contributed by atoms with van der Waals surface area (Å²) in [4.78, 5) is 12.6. The first-order chi connectivity index (χ1) is 7.47. The van der Waals surface area contributed by atoms with Crippen molar-refractivity contribution in [1.82, 2.24) is 5.32 Å². The largest absolute Gasteiger partial charge is 0.354 e. The van der Waals surface area contributed by atoms with Gasteiger partial charge in [-0.25, -0.2) is 0 Å². The van der Waals surface area contributed by atoms with Crippen molar-refractivity contribution in [1.29, 1.82) is 0 Å². The van der Waals surface area contributed by atoms with Gasteiger partial charge >= 0.3 is 0 Å². The molecule has 0 aliphatic carbocycles. The van der Waals surface area contributed by atoms with Crippen LogP contribution in [0.25, 0.3) is 0 Å². The molecule has 0 unspecified atom stereocenters. The summed E-state index contributed by atoms with van der Waals surface area (Å²) in [5.41, 5.74) is 5.42. The van der Waals surface area contributed by atoms with E-state index in [-0.39, 0.29) is 23.9 Å². The fourth-order valence-electron chi connectivity index (χ4n) is 1.04. The smallest absolute Gasteiger partial charge is 0.230 e. The zero-order valence-corrected chi connectivity index (χ0v) is 11.7. The average molecular weight is 275 g/mol. The number of benzene rings is 1. The van der Waals surface area contributed by atoms with Gasteiger partial charge in [-0.05, 0) is 26.0 Å². The van der Waals surface area contributed by atoms with Crippen molar-refractivity contribution in [2.45, 2.75) is 24.3 Å². The summed E-state index contributed by atoms with van der Waals surface area (Å²) in [6, 6.07) is 9.86. The number of thioether (sulfide) groups is 1. The number of hydrogen-bond acceptors (Lipinski definition) is 3. The van der Waals surface area contributed by atoms with Gasteiger partial charge in [0.05, 0.1) is 5.75 Å². The molecule has 3 nitrogen and oxygen atoms in total. The second-order valence-electron chi connectivity index (χ2n) is 4.37. The molecule has 0 spiro atoms. The van der Waals surface area contributed by atoms with Crippen LogP contribution in [0, 0.1) is 0 Å². The number of nitrogens with two attached hydrogens (primary N) is 1. The van der Waals surface area contributed by atoms with E-state index in [0.717, 1.165) is 4.90 Å². The summed E-state index contributed by atoms with van der Waals surface area (Å²) in [6.07, 6.45) is 0. The molecule has 0 aromatic heterocycles. The van der Waals surface area contributed by atoms with Crippen LogP contribution in [-0.4, -0.2) is 23.7 Å². The van der Waals surface area contributed by atoms with Crippen molar-refractivity contribution in [2.24, 2.45) is 5.73 Å². The van der Waals surface area contributed by atoms with E-state index in [1.165, 1.54) is 11.8 Å². The predicted molar refractivity (Wildman–Crippen MR) is 75.7 cm³/mol. The van der Waals surface area contributed by atoms with Crippen LogP contribution in [0.2, 0.25) is 0 Å². The number of amides is 1. The lowest BCUT2D eigenvalue weighted by molar-refractivity contribution is -0.118. The minimum atomic E-state index is -0.354. The summed E-state index contributed by atoms with van der Waals surface area (Å²) in [5, 5.41) is 2.81. The van der Waals surface area contributed by atoms with Gasteiger partial charge in [0.15, 0.2) is 0 Å². The van der Waals surface area contributed by atoms with Gasteiger partial charge in [-0.1, -0.05) is 18.2 Å². The highest BCUT2D eigenvalue weighted by Gasteiger charge is 2.12. The van der Waals surface area contributed by atoms with E-state index in [4.69, 9.17) is 5.73 Å². The fraction of sp³-hybridized carbons (Fsp3) is 0.417. The Morgan fingerprint density at radius 3 is 2.47 bits per heavy atom. The number of nitrogens with one attached hydrogen (secondary N) is 1. The standard InChI is InChI=1S/C12H18N2OS.ClH/c1-12(2,13)9-14-11(15)8-16-10-6-4-3-5-7-10;/h3-7H,8-9,13H2,1-2H3,(H,14,15);1H. The Labute approximate surface area is 113 Å². The Morgan fingerprint density at radius 2 is 1.94 bits per heavy atom. The summed E-state index contributed by atoms with van der Waals surface area (Å²) in [7, 11) is 0. The quantitative estimate of drug-likeness (QED) is 0.808. The van der Waals surface area contributed by atoms with E-state index >= 15 is 0 Å². The topological polar surface area (TPSA) is 55.1 Å². The third-order valence-electron chi connectivity index (χ3n) is 1.85. The summed E-state index contributed by atoms with van der Waals surface area (Å²) < 4.78 is 0. The maximum absolute atomic E-state index is 11.5. The van der Waals surface area contributed by atoms with Crippen molar-refractivity contribution in [3.63, 3.8) is 0 Å². The molecule has 96 valence electrons. The van der Waals surface area contributed by atoms with E-state index in [1.54, 1.807) is 0 Å². The van der Waals surface area contributed by atoms with Gasteiger partial charge in [-0.3, -0.25) is 4.79 Å². The number of rotatable bonds is 5. The Balaban J connectivity index is 0.00000256. The normalized spacial score (nSPS) is 10.5. The first kappa shape index (κ1) is 16.3. The first-order valence-corrected chi connectivity index (χ1v) is 6.19. The third-order valence-corrected chi connectivity index (χ3v) is 2.87. The van der Waals surface area contributed by atoms with Crippen LogP contribution in [-0.2, 0) is 4.79 Å². The molecule has 1 amide bonds. The molecule has 1 aromatic rings. The molecule has 0 aliphatic rings. The van der Waals surface area contributed by atoms with Crippen LogP contribution in [0.5, 0.6) is 0 Å². The lowest BCUT2D eigenvalue weighted by atomic mass is 10.1. The van der Waals surface area contributed by atoms with Gasteiger partial charge < -0.3 is 11.1 Å². The molecule has 1 aromatic carbocycles. The Hall–Kier alpha value is -0.710. The van der Waals surface area contributed by atoms with Crippen LogP contribution in [0.4, 0.5) is 0 Å². The van der Waals surface area contributed by atoms with Crippen LogP contribution in [0.3, 0.4) is 0 Å². The van der Waals surface area contributed by atoms with Gasteiger partial charge in [0, 0.05) is 17.0 Å². The molecule has 0 heterocycles. The van der Waals surface area contributed by atoms with Gasteiger partial charge in [-0.2, -0.15) is 0 Å². The van der Waals surface area contributed by atoms with E-state index < -0.39 is 0 Å². The van der Waals surface area contributed by atoms with Crippen molar-refractivity contribution in [3.05, 3.63) is 30.3 Å². The molecule has 0 saturated heterocycles. The molecule has 17 heavy (non-hydrogen) atoms. The van der Waals surface area contributed by atoms with E-state index in [2.05, 4.69) is 5.32 Å². The van der Waals surface area contributed by atoms with Crippen molar-refractivity contribution in [3.8, 4) is 0 Å². The minimum Gasteiger partial charge on any atom is -0.354 e. The average Bonchev–Trinajstić information content (AvgIpc) is 2.24. The monoisotopic (exact) mass is 274 g/mol. The highest BCUT2D eigenvalue weighted by molar-refractivity contribution is 8.00. The second kappa shape index (κ2) is 7.58. The van der Waals surface area contributed by atoms with Crippen molar-refractivity contribution < 1.29 is 4.79 Å². The number of carbonyl (C=O) groups is 1. The SMILES string of the molecule is CC(C)(N)CNC(=O)CSc1ccccc1.Cl. The van der Waals surface area contributed by atoms with Crippen LogP contribution >= 0.6 is 24.2 Å². The van der Waals surface area contributed by atoms with Gasteiger partial charge in [0.2, 0.25) is 5.91 Å². The summed E-state index contributed by atoms with van der Waals surface area (Å²) in [6.45, 7) is 4.27. The maximum atomic E-state index is 11.5. The van der Waals surface area contributed by atoms with Gasteiger partial charge in [0.25, 0.3) is 0 Å². The molecule has 0 fully saturated rings. The van der Waals surface area contributed by atoms with Crippen LogP contribution < -0.4 is 11.1 Å². The Bertz CT molecular complexity index is 338. The molecular formula is C12H19ClN2OS. The first-order valence-electron chi connectivity index (χ1n) is 5.21. The molecule has 0 atom stereocenters. The van der Waals surface area contributed by atoms with E-state index in [0.29, 0.717) is 12.3 Å². The van der Waals surface area contributed by atoms with Gasteiger partial charge in [-0.15, -0.1) is 24.2 Å². The minimum absolute atomic E-state index is 0. The fourth-order valence-corrected chi connectivity index (χ4v) is 1.79. The highest BCUT2D eigenvalue weighted by atomic mass is 35.5. The molecule has 0 saturated carbocycles. The Kier molecular flexibility index (Phi) is 7.27. The molecule has 0 aliphatic heterocycles. The van der Waals surface area contributed by atoms with Gasteiger partial charge in [0.1, 0.15) is 0 Å². The maximum Gasteiger partial charge on any atom is 0.230 e. The Morgan fingerprint density at radius 1 is 1.35 bits per heavy atom. The molecule has 0 bridgehead atoms. The summed E-state index contributed by atoms with van der Waals surface area (Å²) in [5.74, 6) is 0.451. The number of carbonyl (C=O) groups excluding carboxylic acids is 1. The van der Waals surface area contributed by atoms with E-state index in [9.17, 15) is 4.79 Å². The van der Waals surface area contributed by atoms with Crippen molar-refractivity contribution in [2.75, 3.05) is 12.3 Å².